The van der Waals surface area contributed by atoms with E-state index in [9.17, 15) is 9.18 Å². The molecule has 130 valence electrons. The van der Waals surface area contributed by atoms with Gasteiger partial charge in [0.05, 0.1) is 21.7 Å². The molecule has 0 radical (unpaired) electrons. The van der Waals surface area contributed by atoms with Crippen molar-refractivity contribution in [2.45, 2.75) is 32.6 Å². The van der Waals surface area contributed by atoms with Crippen LogP contribution < -0.4 is 0 Å². The van der Waals surface area contributed by atoms with Gasteiger partial charge in [-0.25, -0.2) is 14.4 Å². The number of halogens is 1. The van der Waals surface area contributed by atoms with E-state index in [0.29, 0.717) is 13.1 Å². The lowest BCUT2D eigenvalue weighted by Gasteiger charge is -2.30. The fraction of sp³-hybridized carbons (Fsp3) is 0.389. The van der Waals surface area contributed by atoms with Crippen LogP contribution in [0.25, 0.3) is 11.0 Å². The number of hydrogen-bond donors (Lipinski definition) is 1. The normalized spacial score (nSPS) is 15.9. The monoisotopic (exact) mass is 358 g/mol. The number of thiazole rings is 1. The molecule has 2 aromatic heterocycles. The van der Waals surface area contributed by atoms with Crippen molar-refractivity contribution in [1.82, 2.24) is 19.9 Å². The van der Waals surface area contributed by atoms with E-state index in [-0.39, 0.29) is 17.6 Å². The molecule has 5 nitrogen and oxygen atoms in total. The van der Waals surface area contributed by atoms with Gasteiger partial charge >= 0.3 is 0 Å². The van der Waals surface area contributed by atoms with Crippen molar-refractivity contribution in [3.05, 3.63) is 45.4 Å². The van der Waals surface area contributed by atoms with Crippen LogP contribution in [0, 0.1) is 19.7 Å². The highest BCUT2D eigenvalue weighted by molar-refractivity contribution is 7.13. The summed E-state index contributed by atoms with van der Waals surface area (Å²) in [7, 11) is 0. The van der Waals surface area contributed by atoms with Crippen molar-refractivity contribution in [3.8, 4) is 0 Å². The first kappa shape index (κ1) is 16.2. The maximum atomic E-state index is 13.3. The number of H-pyrrole nitrogens is 1. The van der Waals surface area contributed by atoms with Gasteiger partial charge in [-0.05, 0) is 44.9 Å². The number of carbonyl (C=O) groups excluding carboxylic acids is 1. The van der Waals surface area contributed by atoms with Gasteiger partial charge in [-0.15, -0.1) is 11.3 Å². The van der Waals surface area contributed by atoms with Gasteiger partial charge < -0.3 is 9.88 Å². The summed E-state index contributed by atoms with van der Waals surface area (Å²) in [5.74, 6) is 0.966. The van der Waals surface area contributed by atoms with Crippen LogP contribution in [0.2, 0.25) is 0 Å². The summed E-state index contributed by atoms with van der Waals surface area (Å²) >= 11 is 1.46. The van der Waals surface area contributed by atoms with Gasteiger partial charge in [-0.1, -0.05) is 0 Å². The smallest absolute Gasteiger partial charge is 0.265 e. The molecular weight excluding hydrogens is 339 g/mol. The summed E-state index contributed by atoms with van der Waals surface area (Å²) in [6.07, 6.45) is 1.70. The van der Waals surface area contributed by atoms with E-state index < -0.39 is 0 Å². The molecule has 0 aliphatic carbocycles. The molecule has 1 saturated heterocycles. The molecule has 0 unspecified atom stereocenters. The predicted octanol–water partition coefficient (Wildman–Crippen LogP) is 3.80. The van der Waals surface area contributed by atoms with E-state index in [4.69, 9.17) is 0 Å². The summed E-state index contributed by atoms with van der Waals surface area (Å²) in [5, 5.41) is 0.922. The van der Waals surface area contributed by atoms with Crippen LogP contribution in [0.1, 0.15) is 45.0 Å². The number of amides is 1. The molecule has 1 aliphatic rings. The molecule has 0 atom stereocenters. The molecule has 1 amide bonds. The van der Waals surface area contributed by atoms with Crippen molar-refractivity contribution < 1.29 is 9.18 Å². The Kier molecular flexibility index (Phi) is 4.03. The van der Waals surface area contributed by atoms with E-state index >= 15 is 0 Å². The Bertz CT molecular complexity index is 940. The zero-order chi connectivity index (χ0) is 17.6. The van der Waals surface area contributed by atoms with E-state index in [1.54, 1.807) is 6.07 Å². The molecule has 3 heterocycles. The Hall–Kier alpha value is -2.28. The number of aromatic nitrogens is 3. The summed E-state index contributed by atoms with van der Waals surface area (Å²) in [4.78, 5) is 27.5. The van der Waals surface area contributed by atoms with Gasteiger partial charge in [-0.3, -0.25) is 4.79 Å². The van der Waals surface area contributed by atoms with Gasteiger partial charge in [0.15, 0.2) is 0 Å². The summed E-state index contributed by atoms with van der Waals surface area (Å²) in [6.45, 7) is 5.21. The molecule has 1 N–H and O–H groups in total. The number of piperidine rings is 1. The molecular formula is C18H19FN4OS. The lowest BCUT2D eigenvalue weighted by molar-refractivity contribution is 0.0715. The number of benzene rings is 1. The topological polar surface area (TPSA) is 61.9 Å². The first-order chi connectivity index (χ1) is 12.0. The molecule has 0 spiro atoms. The number of aromatic amines is 1. The quantitative estimate of drug-likeness (QED) is 0.758. The van der Waals surface area contributed by atoms with Gasteiger partial charge in [0.1, 0.15) is 16.5 Å². The van der Waals surface area contributed by atoms with Crippen LogP contribution in [0.4, 0.5) is 4.39 Å². The number of fused-ring (bicyclic) bond motifs is 1. The van der Waals surface area contributed by atoms with Gasteiger partial charge in [0, 0.05) is 19.0 Å². The van der Waals surface area contributed by atoms with E-state index in [1.807, 2.05) is 18.7 Å². The maximum Gasteiger partial charge on any atom is 0.265 e. The summed E-state index contributed by atoms with van der Waals surface area (Å²) in [5.41, 5.74) is 2.32. The Balaban J connectivity index is 1.47. The van der Waals surface area contributed by atoms with Crippen LogP contribution in [0.3, 0.4) is 0 Å². The number of nitrogens with one attached hydrogen (secondary N) is 1. The molecule has 25 heavy (non-hydrogen) atoms. The zero-order valence-corrected chi connectivity index (χ0v) is 15.0. The standard InChI is InChI=1S/C18H19FN4OS/c1-10-16(25-11(2)20-10)18(24)23-7-5-12(6-8-23)17-21-14-4-3-13(19)9-15(14)22-17/h3-4,9,12H,5-8H2,1-2H3,(H,21,22). The first-order valence-electron chi connectivity index (χ1n) is 8.40. The van der Waals surface area contributed by atoms with Crippen molar-refractivity contribution in [1.29, 1.82) is 0 Å². The Morgan fingerprint density at radius 3 is 2.72 bits per heavy atom. The summed E-state index contributed by atoms with van der Waals surface area (Å²) in [6, 6.07) is 4.59. The molecule has 4 rings (SSSR count). The molecule has 0 bridgehead atoms. The minimum atomic E-state index is -0.265. The third kappa shape index (κ3) is 3.04. The highest BCUT2D eigenvalue weighted by Gasteiger charge is 2.28. The molecule has 0 saturated carbocycles. The number of imidazole rings is 1. The number of carbonyl (C=O) groups is 1. The van der Waals surface area contributed by atoms with Crippen LogP contribution in [0.15, 0.2) is 18.2 Å². The predicted molar refractivity (Wildman–Crippen MR) is 95.5 cm³/mol. The van der Waals surface area contributed by atoms with Gasteiger partial charge in [0.2, 0.25) is 0 Å². The van der Waals surface area contributed by atoms with Gasteiger partial charge in [0.25, 0.3) is 5.91 Å². The number of aryl methyl sites for hydroxylation is 2. The van der Waals surface area contributed by atoms with E-state index in [1.165, 1.54) is 23.5 Å². The number of likely N-dealkylation sites (tertiary alicyclic amines) is 1. The molecule has 3 aromatic rings. The number of nitrogens with zero attached hydrogens (tertiary/aromatic N) is 3. The van der Waals surface area contributed by atoms with Crippen molar-refractivity contribution >= 4 is 28.3 Å². The Morgan fingerprint density at radius 1 is 1.28 bits per heavy atom. The average Bonchev–Trinajstić information content (AvgIpc) is 3.16. The molecule has 7 heteroatoms. The van der Waals surface area contributed by atoms with Crippen LogP contribution >= 0.6 is 11.3 Å². The fourth-order valence-corrected chi connectivity index (χ4v) is 4.31. The molecule has 1 fully saturated rings. The lowest BCUT2D eigenvalue weighted by atomic mass is 9.96. The highest BCUT2D eigenvalue weighted by atomic mass is 32.1. The second-order valence-corrected chi connectivity index (χ2v) is 7.70. The molecule has 1 aromatic carbocycles. The van der Waals surface area contributed by atoms with Crippen LogP contribution in [-0.4, -0.2) is 38.8 Å². The Labute approximate surface area is 148 Å². The van der Waals surface area contributed by atoms with Crippen molar-refractivity contribution in [3.63, 3.8) is 0 Å². The SMILES string of the molecule is Cc1nc(C)c(C(=O)N2CCC(c3nc4ccc(F)cc4[nH]3)CC2)s1. The zero-order valence-electron chi connectivity index (χ0n) is 14.2. The fourth-order valence-electron chi connectivity index (χ4n) is 3.42. The first-order valence-corrected chi connectivity index (χ1v) is 9.21. The number of rotatable bonds is 2. The van der Waals surface area contributed by atoms with Crippen LogP contribution in [0.5, 0.6) is 0 Å². The van der Waals surface area contributed by atoms with E-state index in [0.717, 1.165) is 45.3 Å². The van der Waals surface area contributed by atoms with Crippen LogP contribution in [-0.2, 0) is 0 Å². The van der Waals surface area contributed by atoms with Crippen molar-refractivity contribution in [2.75, 3.05) is 13.1 Å². The largest absolute Gasteiger partial charge is 0.342 e. The second kappa shape index (κ2) is 6.22. The number of hydrogen-bond acceptors (Lipinski definition) is 4. The minimum absolute atomic E-state index is 0.0771. The van der Waals surface area contributed by atoms with E-state index in [2.05, 4.69) is 15.0 Å². The molecule has 1 aliphatic heterocycles. The third-order valence-corrected chi connectivity index (χ3v) is 5.79. The van der Waals surface area contributed by atoms with Gasteiger partial charge in [-0.2, -0.15) is 0 Å². The summed E-state index contributed by atoms with van der Waals surface area (Å²) < 4.78 is 13.3. The minimum Gasteiger partial charge on any atom is -0.342 e. The lowest BCUT2D eigenvalue weighted by Crippen LogP contribution is -2.38. The third-order valence-electron chi connectivity index (χ3n) is 4.73. The Morgan fingerprint density at radius 2 is 2.04 bits per heavy atom. The highest BCUT2D eigenvalue weighted by Crippen LogP contribution is 2.29. The average molecular weight is 358 g/mol. The van der Waals surface area contributed by atoms with Crippen molar-refractivity contribution in [2.24, 2.45) is 0 Å². The maximum absolute atomic E-state index is 13.3. The second-order valence-electron chi connectivity index (χ2n) is 6.50.